The lowest BCUT2D eigenvalue weighted by molar-refractivity contribution is 0.0650. The predicted molar refractivity (Wildman–Crippen MR) is 153 cm³/mol. The van der Waals surface area contributed by atoms with Crippen LogP contribution in [0.5, 0.6) is 0 Å². The lowest BCUT2D eigenvalue weighted by atomic mass is 10.7. The van der Waals surface area contributed by atoms with Crippen molar-refractivity contribution in [3.05, 3.63) is 0 Å². The Morgan fingerprint density at radius 3 is 0.302 bits per heavy atom. The Hall–Kier alpha value is -0.840. The van der Waals surface area contributed by atoms with Crippen LogP contribution in [0.2, 0.25) is 0 Å². The first-order valence-electron chi connectivity index (χ1n) is 12.4. The van der Waals surface area contributed by atoms with Crippen LogP contribution in [0, 0.1) is 0 Å². The summed E-state index contributed by atoms with van der Waals surface area (Å²) in [5, 5.41) is 153. The van der Waals surface area contributed by atoms with E-state index < -0.39 is 0 Å². The number of aliphatic hydroxyl groups is 20. The molecule has 21 nitrogen and oxygen atoms in total. The largest absolute Gasteiger partial charge is 0.394 e. The zero-order valence-electron chi connectivity index (χ0n) is 24.9. The van der Waals surface area contributed by atoms with E-state index in [2.05, 4.69) is 4.74 Å². The Kier molecular flexibility index (Phi) is 217. The molecule has 0 amide bonds. The van der Waals surface area contributed by atoms with Gasteiger partial charge in [0.05, 0.1) is 145 Å². The average Bonchev–Trinajstić information content (AvgIpc) is 3.09. The zero-order chi connectivity index (χ0) is 36.3. The Morgan fingerprint density at radius 1 is 0.163 bits per heavy atom. The van der Waals surface area contributed by atoms with E-state index in [-0.39, 0.29) is 132 Å². The molecule has 0 atom stereocenters. The minimum Gasteiger partial charge on any atom is -0.394 e. The minimum atomic E-state index is -0.125. The van der Waals surface area contributed by atoms with Gasteiger partial charge in [-0.2, -0.15) is 0 Å². The van der Waals surface area contributed by atoms with Crippen LogP contribution >= 0.6 is 0 Å². The van der Waals surface area contributed by atoms with Gasteiger partial charge in [0.25, 0.3) is 0 Å². The van der Waals surface area contributed by atoms with Gasteiger partial charge in [-0.15, -0.1) is 0 Å². The molecule has 0 aliphatic rings. The molecule has 0 aromatic rings. The molecule has 0 bridgehead atoms. The summed E-state index contributed by atoms with van der Waals surface area (Å²) in [4.78, 5) is 0. The van der Waals surface area contributed by atoms with Gasteiger partial charge >= 0.3 is 0 Å². The molecule has 0 fully saturated rings. The molecule has 0 aliphatic carbocycles. The van der Waals surface area contributed by atoms with Crippen LogP contribution < -0.4 is 0 Å². The molecule has 0 rings (SSSR count). The monoisotopic (exact) mass is 664 g/mol. The summed E-state index contributed by atoms with van der Waals surface area (Å²) in [5.41, 5.74) is 0. The van der Waals surface area contributed by atoms with E-state index in [1.54, 1.807) is 0 Å². The van der Waals surface area contributed by atoms with Gasteiger partial charge in [0.2, 0.25) is 0 Å². The fraction of sp³-hybridized carbons (Fsp3) is 1.00. The standard InChI is InChI=1S/C4H10O3.9C2H6O2/c5-1-3-7-4-2-6;9*3-1-2-4/h5-6H,1-4H2;9*3-4H,1-2H2. The number of rotatable bonds is 13. The van der Waals surface area contributed by atoms with Gasteiger partial charge in [0.15, 0.2) is 0 Å². The summed E-state index contributed by atoms with van der Waals surface area (Å²) >= 11 is 0. The summed E-state index contributed by atoms with van der Waals surface area (Å²) < 4.78 is 4.63. The Morgan fingerprint density at radius 2 is 0.256 bits per heavy atom. The van der Waals surface area contributed by atoms with Crippen molar-refractivity contribution in [3.8, 4) is 0 Å². The Labute approximate surface area is 252 Å². The van der Waals surface area contributed by atoms with Gasteiger partial charge in [-0.05, 0) is 0 Å². The van der Waals surface area contributed by atoms with E-state index in [9.17, 15) is 0 Å². The second kappa shape index (κ2) is 135. The third kappa shape index (κ3) is 427. The van der Waals surface area contributed by atoms with Crippen LogP contribution in [0.4, 0.5) is 0 Å². The molecule has 0 unspecified atom stereocenters. The fourth-order valence-electron chi connectivity index (χ4n) is 0.231. The molecule has 278 valence electrons. The van der Waals surface area contributed by atoms with E-state index in [1.165, 1.54) is 0 Å². The molecule has 0 aliphatic heterocycles. The summed E-state index contributed by atoms with van der Waals surface area (Å²) in [7, 11) is 0. The predicted octanol–water partition coefficient (Wildman–Crippen LogP) is -10.3. The van der Waals surface area contributed by atoms with Crippen LogP contribution in [-0.2, 0) is 4.74 Å². The summed E-state index contributed by atoms with van der Waals surface area (Å²) in [6, 6.07) is 0. The molecule has 0 saturated heterocycles. The van der Waals surface area contributed by atoms with Crippen molar-refractivity contribution < 1.29 is 107 Å². The molecule has 0 spiro atoms. The van der Waals surface area contributed by atoms with Crippen LogP contribution in [0.1, 0.15) is 0 Å². The average molecular weight is 665 g/mol. The van der Waals surface area contributed by atoms with E-state index in [1.807, 2.05) is 0 Å². The molecule has 0 radical (unpaired) electrons. The van der Waals surface area contributed by atoms with E-state index in [0.717, 1.165) is 0 Å². The normalized spacial score (nSPS) is 7.81. The molecular formula is C22H64O21. The fourth-order valence-corrected chi connectivity index (χ4v) is 0.231. The van der Waals surface area contributed by atoms with E-state index >= 15 is 0 Å². The molecule has 0 aromatic heterocycles. The van der Waals surface area contributed by atoms with Crippen molar-refractivity contribution in [1.29, 1.82) is 0 Å². The van der Waals surface area contributed by atoms with E-state index in [0.29, 0.717) is 13.2 Å². The van der Waals surface area contributed by atoms with Crippen LogP contribution in [0.25, 0.3) is 0 Å². The highest BCUT2D eigenvalue weighted by Gasteiger charge is 1.79. The number of aliphatic hydroxyl groups excluding tert-OH is 20. The summed E-state index contributed by atoms with van der Waals surface area (Å²) in [6.07, 6.45) is 0. The maximum Gasteiger partial charge on any atom is 0.0698 e. The van der Waals surface area contributed by atoms with Gasteiger partial charge in [0, 0.05) is 0 Å². The third-order valence-corrected chi connectivity index (χ3v) is 1.37. The highest BCUT2D eigenvalue weighted by molar-refractivity contribution is 4.24. The molecule has 0 heterocycles. The van der Waals surface area contributed by atoms with Gasteiger partial charge in [0.1, 0.15) is 0 Å². The second-order valence-electron chi connectivity index (χ2n) is 5.08. The van der Waals surface area contributed by atoms with Gasteiger partial charge in [-0.1, -0.05) is 0 Å². The zero-order valence-corrected chi connectivity index (χ0v) is 24.9. The highest BCUT2D eigenvalue weighted by Crippen LogP contribution is 1.68. The number of hydrogen-bond donors (Lipinski definition) is 20. The number of hydrogen-bond acceptors (Lipinski definition) is 21. The number of ether oxygens (including phenoxy) is 1. The Balaban J connectivity index is -0.0000000354. The second-order valence-corrected chi connectivity index (χ2v) is 5.08. The quantitative estimate of drug-likeness (QED) is 0.0812. The van der Waals surface area contributed by atoms with Crippen molar-refractivity contribution in [1.82, 2.24) is 0 Å². The van der Waals surface area contributed by atoms with E-state index in [4.69, 9.17) is 102 Å². The third-order valence-electron chi connectivity index (χ3n) is 1.37. The molecular weight excluding hydrogens is 600 g/mol. The first kappa shape index (κ1) is 69.1. The van der Waals surface area contributed by atoms with Crippen molar-refractivity contribution in [3.63, 3.8) is 0 Å². The van der Waals surface area contributed by atoms with Gasteiger partial charge in [-0.3, -0.25) is 0 Å². The summed E-state index contributed by atoms with van der Waals surface area (Å²) in [5.74, 6) is 0. The topological polar surface area (TPSA) is 414 Å². The minimum absolute atomic E-state index is 0.0278. The van der Waals surface area contributed by atoms with Crippen LogP contribution in [0.3, 0.4) is 0 Å². The maximum absolute atomic E-state index is 8.09. The molecule has 43 heavy (non-hydrogen) atoms. The molecule has 20 N–H and O–H groups in total. The molecule has 0 saturated carbocycles. The van der Waals surface area contributed by atoms with Crippen molar-refractivity contribution in [2.24, 2.45) is 0 Å². The SMILES string of the molecule is OCCO.OCCO.OCCO.OCCO.OCCO.OCCO.OCCO.OCCO.OCCO.OCCOCCO. The highest BCUT2D eigenvalue weighted by atomic mass is 16.5. The maximum atomic E-state index is 8.09. The van der Waals surface area contributed by atoms with Crippen molar-refractivity contribution >= 4 is 0 Å². The first-order valence-corrected chi connectivity index (χ1v) is 12.4. The van der Waals surface area contributed by atoms with Crippen LogP contribution in [0.15, 0.2) is 0 Å². The molecule has 21 heteroatoms. The van der Waals surface area contributed by atoms with Crippen molar-refractivity contribution in [2.75, 3.05) is 145 Å². The first-order chi connectivity index (χ1) is 20.6. The lowest BCUT2D eigenvalue weighted by Crippen LogP contribution is -2.03. The van der Waals surface area contributed by atoms with Crippen LogP contribution in [-0.4, -0.2) is 247 Å². The summed E-state index contributed by atoms with van der Waals surface area (Å²) in [6.45, 7) is -1.55. The van der Waals surface area contributed by atoms with Gasteiger partial charge < -0.3 is 107 Å². The van der Waals surface area contributed by atoms with Gasteiger partial charge in [-0.25, -0.2) is 0 Å². The Bertz CT molecular complexity index is 172. The lowest BCUT2D eigenvalue weighted by Gasteiger charge is -1.94. The molecule has 0 aromatic carbocycles. The van der Waals surface area contributed by atoms with Crippen molar-refractivity contribution in [2.45, 2.75) is 0 Å². The smallest absolute Gasteiger partial charge is 0.0698 e.